The van der Waals surface area contributed by atoms with Gasteiger partial charge in [-0.25, -0.2) is 0 Å². The molecule has 2 saturated carbocycles. The van der Waals surface area contributed by atoms with E-state index in [2.05, 4.69) is 226 Å². The van der Waals surface area contributed by atoms with E-state index < -0.39 is 0 Å². The number of rotatable bonds is 9. The number of hydrogen-bond acceptors (Lipinski definition) is 4. The molecule has 2 atom stereocenters. The average molecular weight is 983 g/mol. The first-order chi connectivity index (χ1) is 35.2. The first-order valence-corrected chi connectivity index (χ1v) is 28.6. The molecule has 0 N–H and O–H groups in total. The predicted molar refractivity (Wildman–Crippen MR) is 320 cm³/mol. The summed E-state index contributed by atoms with van der Waals surface area (Å²) in [6, 6.07) is 52.4. The van der Waals surface area contributed by atoms with Crippen LogP contribution < -0.4 is 9.80 Å². The summed E-state index contributed by atoms with van der Waals surface area (Å²) in [4.78, 5) is 17.2. The van der Waals surface area contributed by atoms with Crippen molar-refractivity contribution < 1.29 is 0 Å². The van der Waals surface area contributed by atoms with Gasteiger partial charge in [0.15, 0.2) is 11.7 Å². The minimum absolute atomic E-state index is 0.0762. The monoisotopic (exact) mass is 983 g/mol. The van der Waals surface area contributed by atoms with Gasteiger partial charge in [-0.15, -0.1) is 0 Å². The second kappa shape index (κ2) is 20.4. The maximum atomic E-state index is 5.99. The Kier molecular flexibility index (Phi) is 14.3. The number of benzene rings is 6. The average Bonchev–Trinajstić information content (AvgIpc) is 4.04. The Morgan fingerprint density at radius 1 is 0.311 bits per heavy atom. The minimum Gasteiger partial charge on any atom is -0.321 e. The van der Waals surface area contributed by atoms with E-state index in [1.165, 1.54) is 142 Å². The topological polar surface area (TPSA) is 31.2 Å². The largest absolute Gasteiger partial charge is 0.321 e. The maximum Gasteiger partial charge on any atom is 0.172 e. The van der Waals surface area contributed by atoms with E-state index in [1.807, 2.05) is 0 Å². The van der Waals surface area contributed by atoms with Crippen molar-refractivity contribution >= 4 is 23.0 Å². The Balaban J connectivity index is 1.14. The van der Waals surface area contributed by atoms with Crippen molar-refractivity contribution in [1.29, 1.82) is 0 Å². The summed E-state index contributed by atoms with van der Waals surface area (Å²) < 4.78 is 0. The predicted octanol–water partition coefficient (Wildman–Crippen LogP) is 18.6. The smallest absolute Gasteiger partial charge is 0.172 e. The Bertz CT molecular complexity index is 2610. The molecule has 2 fully saturated rings. The van der Waals surface area contributed by atoms with Gasteiger partial charge >= 0.3 is 0 Å². The van der Waals surface area contributed by atoms with Gasteiger partial charge in [0, 0.05) is 24.5 Å². The lowest BCUT2D eigenvalue weighted by molar-refractivity contribution is 0.315. The molecule has 6 aromatic carbocycles. The SMILES string of the molecule is CC(C)(C)c1ccc(-c2cc(-c3ccc(C(C)(C)C)cc3)cc(N3C[C@H](C4CCCCC4)N=C3C3=N[C@@H](C4CCCCC4)CN3c3cc(-c4ccc(C(C)(C)C)cc4)cc(-c4ccc(C(C)(C)C)cc4)c3)c2)cc1. The highest BCUT2D eigenvalue weighted by Gasteiger charge is 2.42. The van der Waals surface area contributed by atoms with Gasteiger partial charge < -0.3 is 9.80 Å². The number of aliphatic imine (C=N–C) groups is 2. The number of nitrogens with zero attached hydrogens (tertiary/aromatic N) is 4. The normalized spacial score (nSPS) is 19.5. The summed E-state index contributed by atoms with van der Waals surface area (Å²) in [5, 5.41) is 0. The zero-order valence-corrected chi connectivity index (χ0v) is 47.3. The van der Waals surface area contributed by atoms with E-state index in [0.29, 0.717) is 11.8 Å². The van der Waals surface area contributed by atoms with Gasteiger partial charge in [-0.2, -0.15) is 0 Å². The van der Waals surface area contributed by atoms with Crippen molar-refractivity contribution in [3.05, 3.63) is 156 Å². The van der Waals surface area contributed by atoms with Crippen LogP contribution in [0.3, 0.4) is 0 Å². The van der Waals surface area contributed by atoms with Crippen LogP contribution >= 0.6 is 0 Å². The maximum absolute atomic E-state index is 5.99. The summed E-state index contributed by atoms with van der Waals surface area (Å²) in [5.41, 5.74) is 18.0. The number of anilines is 2. The highest BCUT2D eigenvalue weighted by atomic mass is 15.4. The van der Waals surface area contributed by atoms with Crippen LogP contribution in [0.15, 0.2) is 143 Å². The highest BCUT2D eigenvalue weighted by molar-refractivity contribution is 6.50. The van der Waals surface area contributed by atoms with Crippen LogP contribution in [-0.4, -0.2) is 36.8 Å². The molecule has 0 aromatic heterocycles. The lowest BCUT2D eigenvalue weighted by atomic mass is 9.84. The minimum atomic E-state index is 0.0762. The van der Waals surface area contributed by atoms with E-state index >= 15 is 0 Å². The fourth-order valence-electron chi connectivity index (χ4n) is 12.3. The number of amidine groups is 2. The van der Waals surface area contributed by atoms with E-state index in [1.54, 1.807) is 0 Å². The third-order valence-electron chi connectivity index (χ3n) is 17.2. The van der Waals surface area contributed by atoms with Crippen LogP contribution in [0.4, 0.5) is 11.4 Å². The molecule has 10 rings (SSSR count). The van der Waals surface area contributed by atoms with Crippen molar-refractivity contribution in [3.8, 4) is 44.5 Å². The van der Waals surface area contributed by atoms with E-state index in [-0.39, 0.29) is 33.7 Å². The second-order valence-corrected chi connectivity index (χ2v) is 26.9. The van der Waals surface area contributed by atoms with E-state index in [0.717, 1.165) is 24.8 Å². The van der Waals surface area contributed by atoms with Crippen molar-refractivity contribution in [2.45, 2.75) is 181 Å². The van der Waals surface area contributed by atoms with Crippen LogP contribution in [-0.2, 0) is 21.7 Å². The van der Waals surface area contributed by atoms with Gasteiger partial charge in [0.1, 0.15) is 0 Å². The van der Waals surface area contributed by atoms with Crippen molar-refractivity contribution in [1.82, 2.24) is 0 Å². The summed E-state index contributed by atoms with van der Waals surface area (Å²) in [5.74, 6) is 3.22. The molecule has 74 heavy (non-hydrogen) atoms. The molecule has 2 aliphatic carbocycles. The first kappa shape index (κ1) is 51.7. The quantitative estimate of drug-likeness (QED) is 0.145. The first-order valence-electron chi connectivity index (χ1n) is 28.6. The molecule has 6 aromatic rings. The van der Waals surface area contributed by atoms with Crippen molar-refractivity contribution in [2.24, 2.45) is 21.8 Å². The molecule has 0 saturated heterocycles. The Morgan fingerprint density at radius 3 is 0.784 bits per heavy atom. The zero-order valence-electron chi connectivity index (χ0n) is 47.3. The van der Waals surface area contributed by atoms with Gasteiger partial charge in [0.2, 0.25) is 0 Å². The molecule has 4 nitrogen and oxygen atoms in total. The molecular formula is C70H86N4. The fourth-order valence-corrected chi connectivity index (χ4v) is 12.3. The molecule has 0 spiro atoms. The lowest BCUT2D eigenvalue weighted by Crippen LogP contribution is -2.42. The van der Waals surface area contributed by atoms with Gasteiger partial charge in [-0.05, 0) is 162 Å². The molecule has 386 valence electrons. The molecule has 2 heterocycles. The summed E-state index contributed by atoms with van der Waals surface area (Å²) in [6.45, 7) is 29.4. The molecule has 2 aliphatic heterocycles. The lowest BCUT2D eigenvalue weighted by Gasteiger charge is -2.29. The van der Waals surface area contributed by atoms with Gasteiger partial charge in [0.05, 0.1) is 12.1 Å². The standard InChI is InChI=1S/C70H86N4/c1-67(2,3)57-31-23-47(24-32-57)53-39-54(48-25-33-58(34-26-48)68(4,5)6)42-61(41-53)73-45-63(51-19-15-13-16-20-51)71-65(73)66-72-64(52-21-17-14-18-22-52)46-74(66)62-43-55(49-27-35-59(36-28-49)69(7,8)9)40-56(44-62)50-29-37-60(38-30-50)70(10,11)12/h23-44,51-52,63-64H,13-22,45-46H2,1-12H3/t63-,64-/m1/s1. The highest BCUT2D eigenvalue weighted by Crippen LogP contribution is 2.42. The van der Waals surface area contributed by atoms with Crippen LogP contribution in [0.1, 0.15) is 170 Å². The Morgan fingerprint density at radius 2 is 0.554 bits per heavy atom. The van der Waals surface area contributed by atoms with Gasteiger partial charge in [-0.3, -0.25) is 9.98 Å². The molecule has 4 aliphatic rings. The molecule has 0 bridgehead atoms. The van der Waals surface area contributed by atoms with E-state index in [9.17, 15) is 0 Å². The third-order valence-corrected chi connectivity index (χ3v) is 17.2. The molecule has 0 unspecified atom stereocenters. The van der Waals surface area contributed by atoms with Crippen molar-refractivity contribution in [3.63, 3.8) is 0 Å². The van der Waals surface area contributed by atoms with Gasteiger partial charge in [-0.1, -0.05) is 219 Å². The summed E-state index contributed by atoms with van der Waals surface area (Å²) in [6.07, 6.45) is 12.8. The molecule has 0 radical (unpaired) electrons. The van der Waals surface area contributed by atoms with Crippen LogP contribution in [0.25, 0.3) is 44.5 Å². The molecule has 0 amide bonds. The Hall–Kier alpha value is -5.74. The summed E-state index contributed by atoms with van der Waals surface area (Å²) >= 11 is 0. The molecule has 4 heteroatoms. The van der Waals surface area contributed by atoms with Crippen LogP contribution in [0.2, 0.25) is 0 Å². The van der Waals surface area contributed by atoms with Crippen molar-refractivity contribution in [2.75, 3.05) is 22.9 Å². The zero-order chi connectivity index (χ0) is 52.2. The Labute approximate surface area is 446 Å². The summed E-state index contributed by atoms with van der Waals surface area (Å²) in [7, 11) is 0. The van der Waals surface area contributed by atoms with Crippen LogP contribution in [0.5, 0.6) is 0 Å². The van der Waals surface area contributed by atoms with E-state index in [4.69, 9.17) is 9.98 Å². The second-order valence-electron chi connectivity index (χ2n) is 26.9. The van der Waals surface area contributed by atoms with Crippen LogP contribution in [0, 0.1) is 11.8 Å². The fraction of sp³-hybridized carbons (Fsp3) is 0.457. The van der Waals surface area contributed by atoms with Gasteiger partial charge in [0.25, 0.3) is 0 Å². The molecular weight excluding hydrogens is 897 g/mol. The number of hydrogen-bond donors (Lipinski definition) is 0. The third kappa shape index (κ3) is 11.3.